The van der Waals surface area contributed by atoms with Crippen molar-refractivity contribution in [2.24, 2.45) is 5.92 Å². The van der Waals surface area contributed by atoms with Gasteiger partial charge in [-0.15, -0.1) is 0 Å². The van der Waals surface area contributed by atoms with E-state index in [4.69, 9.17) is 9.26 Å². The molecule has 1 aromatic heterocycles. The molecule has 1 amide bonds. The van der Waals surface area contributed by atoms with Crippen molar-refractivity contribution in [2.75, 3.05) is 32.8 Å². The van der Waals surface area contributed by atoms with Crippen LogP contribution in [-0.4, -0.2) is 53.8 Å². The molecule has 1 atom stereocenters. The van der Waals surface area contributed by atoms with Crippen molar-refractivity contribution in [3.63, 3.8) is 0 Å². The molecule has 1 aromatic rings. The molecule has 7 heteroatoms. The van der Waals surface area contributed by atoms with Gasteiger partial charge in [-0.2, -0.15) is 4.98 Å². The number of hydrogen-bond donors (Lipinski definition) is 1. The molecule has 1 saturated heterocycles. The molecule has 1 N–H and O–H groups in total. The van der Waals surface area contributed by atoms with E-state index in [0.29, 0.717) is 50.5 Å². The number of ether oxygens (including phenoxy) is 1. The van der Waals surface area contributed by atoms with Gasteiger partial charge in [0, 0.05) is 19.0 Å². The summed E-state index contributed by atoms with van der Waals surface area (Å²) in [5, 5.41) is 6.99. The van der Waals surface area contributed by atoms with Crippen LogP contribution in [0.5, 0.6) is 0 Å². The fraction of sp³-hybridized carbons (Fsp3) is 0.800. The van der Waals surface area contributed by atoms with E-state index < -0.39 is 0 Å². The molecule has 0 aromatic carbocycles. The maximum atomic E-state index is 12.0. The average Bonchev–Trinajstić information content (AvgIpc) is 2.95. The first-order valence-corrected chi connectivity index (χ1v) is 7.89. The summed E-state index contributed by atoms with van der Waals surface area (Å²) in [4.78, 5) is 18.5. The highest BCUT2D eigenvalue weighted by Gasteiger charge is 2.30. The van der Waals surface area contributed by atoms with Crippen LogP contribution in [0.15, 0.2) is 4.52 Å². The Morgan fingerprint density at radius 2 is 2.18 bits per heavy atom. The molecular formula is C15H26N4O3. The SMILES string of the molecule is CC(C)CNC(=O)CN1CCOCC1c1noc(C(C)C)n1. The number of carbonyl (C=O) groups excluding carboxylic acids is 1. The Hall–Kier alpha value is -1.47. The smallest absolute Gasteiger partial charge is 0.234 e. The Bertz CT molecular complexity index is 487. The van der Waals surface area contributed by atoms with Crippen LogP contribution in [-0.2, 0) is 9.53 Å². The van der Waals surface area contributed by atoms with Crippen molar-refractivity contribution in [1.29, 1.82) is 0 Å². The molecule has 0 radical (unpaired) electrons. The normalized spacial score (nSPS) is 19.8. The van der Waals surface area contributed by atoms with Crippen LogP contribution in [0.2, 0.25) is 0 Å². The number of amides is 1. The van der Waals surface area contributed by atoms with Crippen molar-refractivity contribution in [3.05, 3.63) is 11.7 Å². The molecule has 0 saturated carbocycles. The van der Waals surface area contributed by atoms with Crippen molar-refractivity contribution < 1.29 is 14.1 Å². The number of hydrogen-bond acceptors (Lipinski definition) is 6. The van der Waals surface area contributed by atoms with E-state index in [-0.39, 0.29) is 17.9 Å². The fourth-order valence-corrected chi connectivity index (χ4v) is 2.24. The summed E-state index contributed by atoms with van der Waals surface area (Å²) in [5.41, 5.74) is 0. The number of nitrogens with zero attached hydrogens (tertiary/aromatic N) is 3. The molecule has 1 aliphatic heterocycles. The van der Waals surface area contributed by atoms with Gasteiger partial charge in [-0.3, -0.25) is 9.69 Å². The molecule has 0 bridgehead atoms. The summed E-state index contributed by atoms with van der Waals surface area (Å²) in [6.45, 7) is 11.0. The van der Waals surface area contributed by atoms with Gasteiger partial charge in [0.2, 0.25) is 11.8 Å². The quantitative estimate of drug-likeness (QED) is 0.854. The highest BCUT2D eigenvalue weighted by atomic mass is 16.5. The van der Waals surface area contributed by atoms with E-state index in [1.165, 1.54) is 0 Å². The molecular weight excluding hydrogens is 284 g/mol. The predicted octanol–water partition coefficient (Wildman–Crippen LogP) is 1.34. The summed E-state index contributed by atoms with van der Waals surface area (Å²) >= 11 is 0. The van der Waals surface area contributed by atoms with E-state index >= 15 is 0 Å². The minimum Gasteiger partial charge on any atom is -0.378 e. The highest BCUT2D eigenvalue weighted by molar-refractivity contribution is 5.78. The molecule has 1 fully saturated rings. The van der Waals surface area contributed by atoms with Gasteiger partial charge >= 0.3 is 0 Å². The van der Waals surface area contributed by atoms with Crippen molar-refractivity contribution >= 4 is 5.91 Å². The molecule has 124 valence electrons. The zero-order valence-electron chi connectivity index (χ0n) is 13.8. The largest absolute Gasteiger partial charge is 0.378 e. The summed E-state index contributed by atoms with van der Waals surface area (Å²) < 4.78 is 10.8. The Morgan fingerprint density at radius 1 is 1.41 bits per heavy atom. The highest BCUT2D eigenvalue weighted by Crippen LogP contribution is 2.23. The van der Waals surface area contributed by atoms with Crippen LogP contribution >= 0.6 is 0 Å². The van der Waals surface area contributed by atoms with Crippen molar-refractivity contribution in [1.82, 2.24) is 20.4 Å². The standard InChI is InChI=1S/C15H26N4O3/c1-10(2)7-16-13(20)8-19-5-6-21-9-12(19)14-17-15(11(3)4)22-18-14/h10-12H,5-9H2,1-4H3,(H,16,20). The average molecular weight is 310 g/mol. The Balaban J connectivity index is 1.99. The minimum absolute atomic E-state index is 0.0215. The lowest BCUT2D eigenvalue weighted by Gasteiger charge is -2.33. The van der Waals surface area contributed by atoms with Crippen molar-refractivity contribution in [2.45, 2.75) is 39.7 Å². The second-order valence-electron chi connectivity index (χ2n) is 6.40. The van der Waals surface area contributed by atoms with Crippen molar-refractivity contribution in [3.8, 4) is 0 Å². The Labute approximate surface area is 131 Å². The second-order valence-corrected chi connectivity index (χ2v) is 6.40. The fourth-order valence-electron chi connectivity index (χ4n) is 2.24. The summed E-state index contributed by atoms with van der Waals surface area (Å²) in [6.07, 6.45) is 0. The summed E-state index contributed by atoms with van der Waals surface area (Å²) in [7, 11) is 0. The molecule has 2 rings (SSSR count). The number of carbonyl (C=O) groups is 1. The Morgan fingerprint density at radius 3 is 2.82 bits per heavy atom. The van der Waals surface area contributed by atoms with Gasteiger partial charge in [-0.25, -0.2) is 0 Å². The molecule has 1 aliphatic rings. The van der Waals surface area contributed by atoms with Crippen LogP contribution in [0.4, 0.5) is 0 Å². The van der Waals surface area contributed by atoms with Crippen LogP contribution in [0.1, 0.15) is 51.4 Å². The first-order valence-electron chi connectivity index (χ1n) is 7.89. The second kappa shape index (κ2) is 7.69. The molecule has 0 spiro atoms. The maximum Gasteiger partial charge on any atom is 0.234 e. The monoisotopic (exact) mass is 310 g/mol. The van der Waals surface area contributed by atoms with Crippen LogP contribution in [0.3, 0.4) is 0 Å². The number of aromatic nitrogens is 2. The van der Waals surface area contributed by atoms with Crippen LogP contribution < -0.4 is 5.32 Å². The minimum atomic E-state index is -0.130. The van der Waals surface area contributed by atoms with E-state index in [2.05, 4.69) is 29.3 Å². The van der Waals surface area contributed by atoms with E-state index in [0.717, 1.165) is 0 Å². The lowest BCUT2D eigenvalue weighted by atomic mass is 10.2. The van der Waals surface area contributed by atoms with Crippen LogP contribution in [0.25, 0.3) is 0 Å². The molecule has 2 heterocycles. The third kappa shape index (κ3) is 4.51. The number of nitrogens with one attached hydrogen (secondary N) is 1. The summed E-state index contributed by atoms with van der Waals surface area (Å²) in [6, 6.07) is -0.130. The molecule has 7 nitrogen and oxygen atoms in total. The zero-order valence-corrected chi connectivity index (χ0v) is 13.8. The van der Waals surface area contributed by atoms with Gasteiger partial charge in [0.25, 0.3) is 0 Å². The topological polar surface area (TPSA) is 80.5 Å². The van der Waals surface area contributed by atoms with E-state index in [1.54, 1.807) is 0 Å². The number of morpholine rings is 1. The third-order valence-electron chi connectivity index (χ3n) is 3.54. The third-order valence-corrected chi connectivity index (χ3v) is 3.54. The lowest BCUT2D eigenvalue weighted by molar-refractivity contribution is -0.125. The van der Waals surface area contributed by atoms with Gasteiger partial charge in [-0.1, -0.05) is 32.9 Å². The molecule has 22 heavy (non-hydrogen) atoms. The van der Waals surface area contributed by atoms with E-state index in [1.807, 2.05) is 18.7 Å². The van der Waals surface area contributed by atoms with Gasteiger partial charge in [0.15, 0.2) is 5.82 Å². The zero-order chi connectivity index (χ0) is 16.1. The first kappa shape index (κ1) is 16.9. The van der Waals surface area contributed by atoms with Gasteiger partial charge in [0.05, 0.1) is 25.8 Å². The number of rotatable bonds is 6. The molecule has 1 unspecified atom stereocenters. The van der Waals surface area contributed by atoms with Crippen LogP contribution in [0, 0.1) is 5.92 Å². The lowest BCUT2D eigenvalue weighted by Crippen LogP contribution is -2.46. The van der Waals surface area contributed by atoms with E-state index in [9.17, 15) is 4.79 Å². The van der Waals surface area contributed by atoms with Gasteiger partial charge in [0.1, 0.15) is 0 Å². The Kier molecular flexibility index (Phi) is 5.90. The molecule has 0 aliphatic carbocycles. The van der Waals surface area contributed by atoms with Gasteiger partial charge < -0.3 is 14.6 Å². The predicted molar refractivity (Wildman–Crippen MR) is 81.4 cm³/mol. The first-order chi connectivity index (χ1) is 10.5. The maximum absolute atomic E-state index is 12.0. The summed E-state index contributed by atoms with van der Waals surface area (Å²) in [5.74, 6) is 1.86. The van der Waals surface area contributed by atoms with Gasteiger partial charge in [-0.05, 0) is 5.92 Å².